The summed E-state index contributed by atoms with van der Waals surface area (Å²) in [7, 11) is 0. The second-order valence-corrected chi connectivity index (χ2v) is 7.07. The number of carbonyl (C=O) groups excluding carboxylic acids is 2. The number of halogens is 3. The summed E-state index contributed by atoms with van der Waals surface area (Å²) < 4.78 is 42.9. The highest BCUT2D eigenvalue weighted by Gasteiger charge is 2.45. The Hall–Kier alpha value is -2.09. The van der Waals surface area contributed by atoms with Gasteiger partial charge in [0.2, 0.25) is 5.91 Å². The Morgan fingerprint density at radius 1 is 1.11 bits per heavy atom. The van der Waals surface area contributed by atoms with Gasteiger partial charge in [0.25, 0.3) is 0 Å². The van der Waals surface area contributed by atoms with Gasteiger partial charge < -0.3 is 10.1 Å². The minimum absolute atomic E-state index is 0.0735. The van der Waals surface area contributed by atoms with Crippen molar-refractivity contribution in [2.45, 2.75) is 63.0 Å². The number of carbonyl (C=O) groups is 2. The number of hydrogen-bond donors (Lipinski definition) is 1. The zero-order valence-electron chi connectivity index (χ0n) is 14.9. The first-order valence-electron chi connectivity index (χ1n) is 9.20. The lowest BCUT2D eigenvalue weighted by Gasteiger charge is -2.32. The number of aryl methyl sites for hydroxylation is 1. The standard InChI is InChI=1S/C19H23F3N2O3/c20-19(21,22)16-9-8-15(27-16)10-11-24-17(25)12-14(23-18(24)26)7-6-13-4-2-1-3-5-13/h1-5,14-16H,6-12H2,(H,23,26)/t14-,15?,16?/m1/s1. The summed E-state index contributed by atoms with van der Waals surface area (Å²) in [6, 6.07) is 9.10. The maximum absolute atomic E-state index is 12.6. The smallest absolute Gasteiger partial charge is 0.365 e. The number of alkyl halides is 3. The molecule has 0 radical (unpaired) electrons. The molecule has 2 saturated heterocycles. The van der Waals surface area contributed by atoms with Gasteiger partial charge in [-0.3, -0.25) is 9.69 Å². The van der Waals surface area contributed by atoms with Crippen LogP contribution in [0, 0.1) is 0 Å². The number of rotatable bonds is 6. The summed E-state index contributed by atoms with van der Waals surface area (Å²) in [5, 5.41) is 2.82. The predicted molar refractivity (Wildman–Crippen MR) is 92.0 cm³/mol. The van der Waals surface area contributed by atoms with Crippen LogP contribution in [0.25, 0.3) is 0 Å². The summed E-state index contributed by atoms with van der Waals surface area (Å²) >= 11 is 0. The number of amides is 3. The molecule has 3 amide bonds. The number of benzene rings is 1. The van der Waals surface area contributed by atoms with Gasteiger partial charge in [-0.25, -0.2) is 4.79 Å². The van der Waals surface area contributed by atoms with Gasteiger partial charge in [-0.15, -0.1) is 0 Å². The van der Waals surface area contributed by atoms with Crippen molar-refractivity contribution >= 4 is 11.9 Å². The third-order valence-corrected chi connectivity index (χ3v) is 5.07. The number of hydrogen-bond acceptors (Lipinski definition) is 3. The normalized spacial score (nSPS) is 26.3. The third-order valence-electron chi connectivity index (χ3n) is 5.07. The van der Waals surface area contributed by atoms with Crippen molar-refractivity contribution in [3.63, 3.8) is 0 Å². The molecule has 2 aliphatic rings. The average molecular weight is 384 g/mol. The summed E-state index contributed by atoms with van der Waals surface area (Å²) in [6.45, 7) is 0.0747. The molecule has 0 spiro atoms. The van der Waals surface area contributed by atoms with E-state index >= 15 is 0 Å². The lowest BCUT2D eigenvalue weighted by Crippen LogP contribution is -2.55. The van der Waals surface area contributed by atoms with Crippen LogP contribution in [0.1, 0.15) is 37.7 Å². The molecule has 2 unspecified atom stereocenters. The van der Waals surface area contributed by atoms with Crippen LogP contribution in [0.3, 0.4) is 0 Å². The topological polar surface area (TPSA) is 58.6 Å². The van der Waals surface area contributed by atoms with Crippen LogP contribution in [0.5, 0.6) is 0 Å². The van der Waals surface area contributed by atoms with Gasteiger partial charge in [0.05, 0.1) is 6.10 Å². The van der Waals surface area contributed by atoms with E-state index < -0.39 is 24.4 Å². The van der Waals surface area contributed by atoms with Crippen LogP contribution in [0.15, 0.2) is 30.3 Å². The summed E-state index contributed by atoms with van der Waals surface area (Å²) in [6.07, 6.45) is -4.62. The zero-order valence-corrected chi connectivity index (χ0v) is 14.9. The molecule has 1 aromatic carbocycles. The molecule has 1 N–H and O–H groups in total. The molecule has 5 nitrogen and oxygen atoms in total. The minimum Gasteiger partial charge on any atom is -0.365 e. The molecule has 2 aliphatic heterocycles. The Labute approximate surface area is 155 Å². The predicted octanol–water partition coefficient (Wildman–Crippen LogP) is 3.43. The van der Waals surface area contributed by atoms with Crippen LogP contribution in [-0.4, -0.2) is 47.8 Å². The van der Waals surface area contributed by atoms with Gasteiger partial charge in [-0.1, -0.05) is 30.3 Å². The van der Waals surface area contributed by atoms with Crippen LogP contribution >= 0.6 is 0 Å². The number of imide groups is 1. The second kappa shape index (κ2) is 8.29. The zero-order chi connectivity index (χ0) is 19.4. The summed E-state index contributed by atoms with van der Waals surface area (Å²) in [4.78, 5) is 25.6. The van der Waals surface area contributed by atoms with E-state index in [1.54, 1.807) is 0 Å². The van der Waals surface area contributed by atoms with E-state index in [9.17, 15) is 22.8 Å². The molecular formula is C19H23F3N2O3. The third kappa shape index (κ3) is 5.22. The van der Waals surface area contributed by atoms with Crippen LogP contribution < -0.4 is 5.32 Å². The monoisotopic (exact) mass is 384 g/mol. The van der Waals surface area contributed by atoms with Crippen molar-refractivity contribution in [1.29, 1.82) is 0 Å². The lowest BCUT2D eigenvalue weighted by molar-refractivity contribution is -0.215. The van der Waals surface area contributed by atoms with E-state index in [-0.39, 0.29) is 44.2 Å². The molecule has 2 heterocycles. The van der Waals surface area contributed by atoms with E-state index in [0.717, 1.165) is 16.9 Å². The number of nitrogens with zero attached hydrogens (tertiary/aromatic N) is 1. The molecule has 2 fully saturated rings. The molecular weight excluding hydrogens is 361 g/mol. The van der Waals surface area contributed by atoms with Crippen molar-refractivity contribution in [3.8, 4) is 0 Å². The van der Waals surface area contributed by atoms with Crippen LogP contribution in [0.2, 0.25) is 0 Å². The number of ether oxygens (including phenoxy) is 1. The maximum atomic E-state index is 12.6. The van der Waals surface area contributed by atoms with E-state index in [4.69, 9.17) is 4.74 Å². The second-order valence-electron chi connectivity index (χ2n) is 7.07. The first kappa shape index (κ1) is 19.7. The molecule has 3 atom stereocenters. The van der Waals surface area contributed by atoms with Crippen molar-refractivity contribution in [1.82, 2.24) is 10.2 Å². The molecule has 1 aromatic rings. The Morgan fingerprint density at radius 3 is 2.48 bits per heavy atom. The molecule has 0 saturated carbocycles. The Morgan fingerprint density at radius 2 is 1.85 bits per heavy atom. The Bertz CT molecular complexity index is 648. The van der Waals surface area contributed by atoms with Crippen molar-refractivity contribution in [3.05, 3.63) is 35.9 Å². The van der Waals surface area contributed by atoms with Gasteiger partial charge >= 0.3 is 12.2 Å². The van der Waals surface area contributed by atoms with Gasteiger partial charge in [0, 0.05) is 19.0 Å². The molecule has 0 bridgehead atoms. The van der Waals surface area contributed by atoms with E-state index in [1.165, 1.54) is 0 Å². The lowest BCUT2D eigenvalue weighted by atomic mass is 10.0. The number of nitrogens with one attached hydrogen (secondary N) is 1. The molecule has 27 heavy (non-hydrogen) atoms. The highest BCUT2D eigenvalue weighted by atomic mass is 19.4. The molecule has 0 aromatic heterocycles. The molecule has 148 valence electrons. The molecule has 3 rings (SSSR count). The average Bonchev–Trinajstić information content (AvgIpc) is 3.09. The van der Waals surface area contributed by atoms with Crippen LogP contribution in [-0.2, 0) is 16.0 Å². The van der Waals surface area contributed by atoms with Gasteiger partial charge in [0.15, 0.2) is 6.10 Å². The quantitative estimate of drug-likeness (QED) is 0.818. The maximum Gasteiger partial charge on any atom is 0.414 e. The first-order valence-corrected chi connectivity index (χ1v) is 9.20. The Balaban J connectivity index is 1.44. The van der Waals surface area contributed by atoms with Crippen molar-refractivity contribution in [2.24, 2.45) is 0 Å². The largest absolute Gasteiger partial charge is 0.414 e. The van der Waals surface area contributed by atoms with Gasteiger partial charge in [0.1, 0.15) is 0 Å². The number of urea groups is 1. The molecule has 8 heteroatoms. The highest BCUT2D eigenvalue weighted by molar-refractivity contribution is 5.97. The fourth-order valence-electron chi connectivity index (χ4n) is 3.56. The summed E-state index contributed by atoms with van der Waals surface area (Å²) in [5.74, 6) is -0.290. The summed E-state index contributed by atoms with van der Waals surface area (Å²) in [5.41, 5.74) is 1.14. The Kier molecular flexibility index (Phi) is 6.04. The van der Waals surface area contributed by atoms with E-state index in [0.29, 0.717) is 6.42 Å². The minimum atomic E-state index is -4.36. The van der Waals surface area contributed by atoms with Crippen molar-refractivity contribution in [2.75, 3.05) is 6.54 Å². The van der Waals surface area contributed by atoms with E-state index in [1.807, 2.05) is 30.3 Å². The van der Waals surface area contributed by atoms with Crippen molar-refractivity contribution < 1.29 is 27.5 Å². The highest BCUT2D eigenvalue weighted by Crippen LogP contribution is 2.34. The SMILES string of the molecule is O=C1C[C@@H](CCc2ccccc2)NC(=O)N1CCC1CCC(C(F)(F)F)O1. The fraction of sp³-hybridized carbons (Fsp3) is 0.579. The van der Waals surface area contributed by atoms with E-state index in [2.05, 4.69) is 5.32 Å². The molecule has 0 aliphatic carbocycles. The first-order chi connectivity index (χ1) is 12.8. The van der Waals surface area contributed by atoms with Gasteiger partial charge in [-0.05, 0) is 37.7 Å². The fourth-order valence-corrected chi connectivity index (χ4v) is 3.56. The van der Waals surface area contributed by atoms with Gasteiger partial charge in [-0.2, -0.15) is 13.2 Å². The van der Waals surface area contributed by atoms with Crippen LogP contribution in [0.4, 0.5) is 18.0 Å².